The van der Waals surface area contributed by atoms with E-state index in [1.807, 2.05) is 65.8 Å². The Morgan fingerprint density at radius 2 is 1.73 bits per heavy atom. The molecular formula is C45H62N2O9. The Hall–Kier alpha value is -4.19. The lowest BCUT2D eigenvalue weighted by Gasteiger charge is -2.59. The third-order valence-corrected chi connectivity index (χ3v) is 10.7. The van der Waals surface area contributed by atoms with Gasteiger partial charge in [-0.3, -0.25) is 4.79 Å². The zero-order chi connectivity index (χ0) is 40.7. The van der Waals surface area contributed by atoms with Crippen LogP contribution in [0, 0.1) is 23.2 Å². The molecule has 2 N–H and O–H groups in total. The van der Waals surface area contributed by atoms with Crippen LogP contribution in [0.2, 0.25) is 0 Å². The van der Waals surface area contributed by atoms with Crippen molar-refractivity contribution in [1.29, 1.82) is 0 Å². The smallest absolute Gasteiger partial charge is 0.410 e. The molecule has 11 nitrogen and oxygen atoms in total. The number of rotatable bonds is 17. The maximum atomic E-state index is 14.0. The molecule has 1 aliphatic heterocycles. The first-order valence-electron chi connectivity index (χ1n) is 20.0. The number of likely N-dealkylation sites (N-methyl/N-ethyl adjacent to an activating group) is 1. The number of allylic oxidation sites excluding steroid dienone is 1. The van der Waals surface area contributed by atoms with Gasteiger partial charge in [-0.15, -0.1) is 6.58 Å². The first kappa shape index (κ1) is 42.9. The molecule has 1 fully saturated rings. The van der Waals surface area contributed by atoms with Gasteiger partial charge in [0.25, 0.3) is 0 Å². The zero-order valence-corrected chi connectivity index (χ0v) is 34.3. The fraction of sp³-hybridized carbons (Fsp3) is 0.578. The molecule has 1 heterocycles. The SMILES string of the molecule is C=CCOC12Oc3ccc(Oc4cccc(C=O)c4)cc3C3C(CCCCO)C(CCCCO)C=C(C(=NOC(C)(C)C)CC1N(C)C(=O)OCC(C)(C)C)C32. The topological polar surface area (TPSA) is 136 Å². The maximum Gasteiger partial charge on any atom is 0.410 e. The minimum Gasteiger partial charge on any atom is -0.459 e. The number of ether oxygens (including phenoxy) is 4. The fourth-order valence-electron chi connectivity index (χ4n) is 8.28. The summed E-state index contributed by atoms with van der Waals surface area (Å²) in [5.74, 6) is -0.208. The van der Waals surface area contributed by atoms with Crippen LogP contribution >= 0.6 is 0 Å². The summed E-state index contributed by atoms with van der Waals surface area (Å²) in [5.41, 5.74) is 2.25. The van der Waals surface area contributed by atoms with E-state index in [1.165, 1.54) is 0 Å². The first-order chi connectivity index (χ1) is 26.6. The molecule has 2 aromatic carbocycles. The number of hydrogen-bond acceptors (Lipinski definition) is 10. The molecular weight excluding hydrogens is 712 g/mol. The second kappa shape index (κ2) is 18.4. The van der Waals surface area contributed by atoms with Crippen molar-refractivity contribution < 1.29 is 43.6 Å². The predicted molar refractivity (Wildman–Crippen MR) is 216 cm³/mol. The van der Waals surface area contributed by atoms with Crippen molar-refractivity contribution >= 4 is 18.1 Å². The average Bonchev–Trinajstić information content (AvgIpc) is 3.15. The Morgan fingerprint density at radius 1 is 1.02 bits per heavy atom. The molecule has 0 spiro atoms. The van der Waals surface area contributed by atoms with Crippen LogP contribution in [0.25, 0.3) is 0 Å². The lowest BCUT2D eigenvalue weighted by atomic mass is 9.55. The van der Waals surface area contributed by atoms with Crippen molar-refractivity contribution in [3.8, 4) is 17.2 Å². The summed E-state index contributed by atoms with van der Waals surface area (Å²) >= 11 is 0. The number of carbonyl (C=O) groups is 2. The molecule has 1 amide bonds. The number of aldehydes is 1. The second-order valence-electron chi connectivity index (χ2n) is 17.5. The molecule has 11 heteroatoms. The fourth-order valence-corrected chi connectivity index (χ4v) is 8.28. The molecule has 0 radical (unpaired) electrons. The average molecular weight is 775 g/mol. The van der Waals surface area contributed by atoms with Crippen LogP contribution in [-0.2, 0) is 14.3 Å². The normalized spacial score (nSPS) is 24.9. The maximum absolute atomic E-state index is 14.0. The summed E-state index contributed by atoms with van der Waals surface area (Å²) < 4.78 is 26.4. The standard InChI is InChI=1S/C45H62N2O9/c1-9-23-53-45-39(47(8)42(51)52-29-43(2,3)4)27-37(46-56-44(5,6)7)35-25-31(16-10-12-21-48)34(18-11-13-22-49)40(41(35)45)36-26-33(19-20-38(36)55-45)54-32-17-14-15-30(24-32)28-50/h9,14-15,17,19-20,24-26,28,31,34,39-41,48-49H,1,10-13,16,18,21-23,27,29H2,2-8H3. The quantitative estimate of drug-likeness (QED) is 0.0699. The van der Waals surface area contributed by atoms with Crippen molar-refractivity contribution in [2.75, 3.05) is 33.5 Å². The van der Waals surface area contributed by atoms with Gasteiger partial charge in [0.05, 0.1) is 24.8 Å². The van der Waals surface area contributed by atoms with Crippen LogP contribution in [0.5, 0.6) is 17.2 Å². The number of unbranched alkanes of at least 4 members (excludes halogenated alkanes) is 2. The number of carbonyl (C=O) groups excluding carboxylic acids is 2. The molecule has 6 atom stereocenters. The number of fused-ring (bicyclic) bond motifs is 2. The van der Waals surface area contributed by atoms with E-state index in [4.69, 9.17) is 28.9 Å². The number of aliphatic hydroxyl groups is 2. The van der Waals surface area contributed by atoms with Crippen molar-refractivity contribution in [3.63, 3.8) is 0 Å². The van der Waals surface area contributed by atoms with Crippen LogP contribution < -0.4 is 9.47 Å². The van der Waals surface area contributed by atoms with E-state index in [0.29, 0.717) is 41.4 Å². The third-order valence-electron chi connectivity index (χ3n) is 10.7. The molecule has 1 saturated carbocycles. The number of benzene rings is 2. The Balaban J connectivity index is 1.76. The van der Waals surface area contributed by atoms with Crippen molar-refractivity contribution in [2.45, 2.75) is 110 Å². The highest BCUT2D eigenvalue weighted by molar-refractivity contribution is 6.03. The molecule has 0 saturated heterocycles. The summed E-state index contributed by atoms with van der Waals surface area (Å²) in [5, 5.41) is 24.5. The van der Waals surface area contributed by atoms with E-state index in [1.54, 1.807) is 36.2 Å². The molecule has 0 aromatic heterocycles. The van der Waals surface area contributed by atoms with Crippen molar-refractivity contribution in [3.05, 3.63) is 77.9 Å². The Labute approximate surface area is 332 Å². The largest absolute Gasteiger partial charge is 0.459 e. The summed E-state index contributed by atoms with van der Waals surface area (Å²) in [6.45, 7) is 16.4. The number of oxime groups is 1. The first-order valence-corrected chi connectivity index (χ1v) is 20.0. The van der Waals surface area contributed by atoms with Gasteiger partial charge in [-0.1, -0.05) is 63.1 Å². The lowest BCUT2D eigenvalue weighted by Crippen LogP contribution is -2.69. The van der Waals surface area contributed by atoms with Crippen LogP contribution in [0.3, 0.4) is 0 Å². The molecule has 0 bridgehead atoms. The van der Waals surface area contributed by atoms with Gasteiger partial charge < -0.3 is 38.9 Å². The zero-order valence-electron chi connectivity index (χ0n) is 34.3. The highest BCUT2D eigenvalue weighted by atomic mass is 16.7. The van der Waals surface area contributed by atoms with Gasteiger partial charge in [0.2, 0.25) is 5.79 Å². The highest BCUT2D eigenvalue weighted by Crippen LogP contribution is 2.62. The number of hydrogen-bond donors (Lipinski definition) is 2. The van der Waals surface area contributed by atoms with Gasteiger partial charge in [0.1, 0.15) is 35.2 Å². The summed E-state index contributed by atoms with van der Waals surface area (Å²) in [6, 6.07) is 12.1. The van der Waals surface area contributed by atoms with Gasteiger partial charge in [-0.05, 0) is 99.6 Å². The second-order valence-corrected chi connectivity index (χ2v) is 17.5. The minimum absolute atomic E-state index is 0.0543. The molecule has 2 aromatic rings. The number of nitrogens with zero attached hydrogens (tertiary/aromatic N) is 2. The molecule has 306 valence electrons. The van der Waals surface area contributed by atoms with Gasteiger partial charge in [-0.25, -0.2) is 4.79 Å². The van der Waals surface area contributed by atoms with Crippen LogP contribution in [0.4, 0.5) is 4.79 Å². The van der Waals surface area contributed by atoms with Gasteiger partial charge in [-0.2, -0.15) is 0 Å². The van der Waals surface area contributed by atoms with E-state index in [-0.39, 0.29) is 56.0 Å². The van der Waals surface area contributed by atoms with Crippen LogP contribution in [0.15, 0.2) is 71.9 Å². The molecule has 5 rings (SSSR count). The van der Waals surface area contributed by atoms with E-state index in [9.17, 15) is 19.8 Å². The Bertz CT molecular complexity index is 1740. The summed E-state index contributed by atoms with van der Waals surface area (Å²) in [4.78, 5) is 33.3. The van der Waals surface area contributed by atoms with E-state index in [2.05, 4.69) is 12.7 Å². The van der Waals surface area contributed by atoms with Gasteiger partial charge in [0.15, 0.2) is 0 Å². The third kappa shape index (κ3) is 10.0. The van der Waals surface area contributed by atoms with Gasteiger partial charge in [0, 0.05) is 43.7 Å². The Kier molecular flexibility index (Phi) is 14.1. The molecule has 2 aliphatic carbocycles. The van der Waals surface area contributed by atoms with Crippen molar-refractivity contribution in [1.82, 2.24) is 4.90 Å². The number of amides is 1. The van der Waals surface area contributed by atoms with E-state index in [0.717, 1.165) is 43.1 Å². The Morgan fingerprint density at radius 3 is 2.39 bits per heavy atom. The summed E-state index contributed by atoms with van der Waals surface area (Å²) in [6.07, 6.45) is 9.16. The molecule has 3 aliphatic rings. The lowest BCUT2D eigenvalue weighted by molar-refractivity contribution is -0.254. The predicted octanol–water partition coefficient (Wildman–Crippen LogP) is 8.84. The highest BCUT2D eigenvalue weighted by Gasteiger charge is 2.65. The van der Waals surface area contributed by atoms with Crippen LogP contribution in [-0.4, -0.2) is 84.1 Å². The molecule has 56 heavy (non-hydrogen) atoms. The van der Waals surface area contributed by atoms with Gasteiger partial charge >= 0.3 is 6.09 Å². The van der Waals surface area contributed by atoms with E-state index < -0.39 is 29.4 Å². The van der Waals surface area contributed by atoms with Crippen molar-refractivity contribution in [2.24, 2.45) is 28.3 Å². The number of aliphatic hydroxyl groups excluding tert-OH is 2. The van der Waals surface area contributed by atoms with Crippen LogP contribution in [0.1, 0.15) is 108 Å². The van der Waals surface area contributed by atoms with E-state index >= 15 is 0 Å². The monoisotopic (exact) mass is 774 g/mol. The summed E-state index contributed by atoms with van der Waals surface area (Å²) in [7, 11) is 1.73. The molecule has 6 unspecified atom stereocenters. The minimum atomic E-state index is -1.39.